The average Bonchev–Trinajstić information content (AvgIpc) is 2.87. The SMILES string of the molecule is CC(C)(C)OC(=O)N1C[C@H](NCc2ccccc2)[C@@H](O)C1.CCO. The molecule has 0 aliphatic carbocycles. The Balaban J connectivity index is 0.000000891. The molecule has 0 unspecified atom stereocenters. The van der Waals surface area contributed by atoms with Crippen molar-refractivity contribution in [2.75, 3.05) is 19.7 Å². The van der Waals surface area contributed by atoms with Gasteiger partial charge in [-0.3, -0.25) is 0 Å². The van der Waals surface area contributed by atoms with Gasteiger partial charge in [-0.05, 0) is 33.3 Å². The van der Waals surface area contributed by atoms with Crippen LogP contribution >= 0.6 is 0 Å². The monoisotopic (exact) mass is 338 g/mol. The topological polar surface area (TPSA) is 82.0 Å². The van der Waals surface area contributed by atoms with Gasteiger partial charge in [0.2, 0.25) is 0 Å². The number of aliphatic hydroxyl groups is 2. The summed E-state index contributed by atoms with van der Waals surface area (Å²) in [5.41, 5.74) is 0.637. The molecular formula is C18H30N2O4. The van der Waals surface area contributed by atoms with Crippen molar-refractivity contribution in [3.63, 3.8) is 0 Å². The van der Waals surface area contributed by atoms with E-state index in [0.29, 0.717) is 19.6 Å². The summed E-state index contributed by atoms with van der Waals surface area (Å²) in [5.74, 6) is 0. The molecule has 0 bridgehead atoms. The van der Waals surface area contributed by atoms with Crippen molar-refractivity contribution in [3.05, 3.63) is 35.9 Å². The summed E-state index contributed by atoms with van der Waals surface area (Å²) in [7, 11) is 0. The van der Waals surface area contributed by atoms with Crippen LogP contribution in [0.2, 0.25) is 0 Å². The zero-order valence-corrected chi connectivity index (χ0v) is 15.0. The average molecular weight is 338 g/mol. The van der Waals surface area contributed by atoms with E-state index in [1.165, 1.54) is 0 Å². The summed E-state index contributed by atoms with van der Waals surface area (Å²) in [6, 6.07) is 9.86. The Morgan fingerprint density at radius 3 is 2.42 bits per heavy atom. The number of benzene rings is 1. The van der Waals surface area contributed by atoms with Gasteiger partial charge < -0.3 is 25.2 Å². The molecule has 1 aromatic carbocycles. The summed E-state index contributed by atoms with van der Waals surface area (Å²) in [6.45, 7) is 8.88. The Kier molecular flexibility index (Phi) is 8.18. The van der Waals surface area contributed by atoms with E-state index in [1.54, 1.807) is 11.8 Å². The molecular weight excluding hydrogens is 308 g/mol. The largest absolute Gasteiger partial charge is 0.444 e. The van der Waals surface area contributed by atoms with Crippen molar-refractivity contribution in [1.82, 2.24) is 10.2 Å². The van der Waals surface area contributed by atoms with Crippen molar-refractivity contribution >= 4 is 6.09 Å². The highest BCUT2D eigenvalue weighted by molar-refractivity contribution is 5.68. The van der Waals surface area contributed by atoms with E-state index in [4.69, 9.17) is 9.84 Å². The number of carbonyl (C=O) groups excluding carboxylic acids is 1. The van der Waals surface area contributed by atoms with E-state index in [2.05, 4.69) is 5.32 Å². The van der Waals surface area contributed by atoms with Crippen LogP contribution in [-0.2, 0) is 11.3 Å². The Hall–Kier alpha value is -1.63. The normalized spacial score (nSPS) is 20.3. The first kappa shape index (κ1) is 20.4. The molecule has 24 heavy (non-hydrogen) atoms. The fourth-order valence-electron chi connectivity index (χ4n) is 2.31. The minimum absolute atomic E-state index is 0.127. The van der Waals surface area contributed by atoms with Crippen LogP contribution in [0.1, 0.15) is 33.3 Å². The zero-order valence-electron chi connectivity index (χ0n) is 15.0. The maximum atomic E-state index is 12.0. The molecule has 1 aliphatic heterocycles. The molecule has 1 aromatic rings. The highest BCUT2D eigenvalue weighted by atomic mass is 16.6. The van der Waals surface area contributed by atoms with Crippen molar-refractivity contribution in [3.8, 4) is 0 Å². The van der Waals surface area contributed by atoms with Crippen LogP contribution in [0.15, 0.2) is 30.3 Å². The van der Waals surface area contributed by atoms with Crippen molar-refractivity contribution in [2.45, 2.75) is 52.0 Å². The van der Waals surface area contributed by atoms with Crippen LogP contribution in [0.5, 0.6) is 0 Å². The fourth-order valence-corrected chi connectivity index (χ4v) is 2.31. The lowest BCUT2D eigenvalue weighted by Crippen LogP contribution is -2.39. The quantitative estimate of drug-likeness (QED) is 0.782. The fraction of sp³-hybridized carbons (Fsp3) is 0.611. The zero-order chi connectivity index (χ0) is 18.2. The van der Waals surface area contributed by atoms with Crippen LogP contribution in [0.25, 0.3) is 0 Å². The van der Waals surface area contributed by atoms with E-state index in [9.17, 15) is 9.90 Å². The number of carbonyl (C=O) groups is 1. The molecule has 0 aromatic heterocycles. The second kappa shape index (κ2) is 9.61. The first-order chi connectivity index (χ1) is 11.3. The van der Waals surface area contributed by atoms with Gasteiger partial charge in [0.05, 0.1) is 18.7 Å². The lowest BCUT2D eigenvalue weighted by atomic mass is 10.2. The molecule has 6 heteroatoms. The van der Waals surface area contributed by atoms with Gasteiger partial charge in [-0.25, -0.2) is 4.79 Å². The number of β-amino-alcohol motifs (C(OH)–C–C–N with tert-alkyl or cyclic N) is 1. The molecule has 6 nitrogen and oxygen atoms in total. The second-order valence-electron chi connectivity index (χ2n) is 6.74. The molecule has 1 heterocycles. The summed E-state index contributed by atoms with van der Waals surface area (Å²) >= 11 is 0. The first-order valence-corrected chi connectivity index (χ1v) is 8.31. The molecule has 1 aliphatic rings. The number of aliphatic hydroxyl groups excluding tert-OH is 2. The van der Waals surface area contributed by atoms with Gasteiger partial charge in [0.25, 0.3) is 0 Å². The Labute approximate surface area is 144 Å². The van der Waals surface area contributed by atoms with Crippen molar-refractivity contribution < 1.29 is 19.7 Å². The number of nitrogens with zero attached hydrogens (tertiary/aromatic N) is 1. The second-order valence-corrected chi connectivity index (χ2v) is 6.74. The molecule has 0 spiro atoms. The lowest BCUT2D eigenvalue weighted by molar-refractivity contribution is 0.0270. The first-order valence-electron chi connectivity index (χ1n) is 8.31. The highest BCUT2D eigenvalue weighted by Gasteiger charge is 2.35. The van der Waals surface area contributed by atoms with Crippen molar-refractivity contribution in [1.29, 1.82) is 0 Å². The Morgan fingerprint density at radius 2 is 1.88 bits per heavy atom. The number of nitrogens with one attached hydrogen (secondary N) is 1. The summed E-state index contributed by atoms with van der Waals surface area (Å²) in [5, 5.41) is 20.9. The van der Waals surface area contributed by atoms with Crippen molar-refractivity contribution in [2.24, 2.45) is 0 Å². The van der Waals surface area contributed by atoms with Crippen LogP contribution in [0, 0.1) is 0 Å². The van der Waals surface area contributed by atoms with E-state index in [-0.39, 0.29) is 18.7 Å². The molecule has 1 saturated heterocycles. The molecule has 1 fully saturated rings. The van der Waals surface area contributed by atoms with Gasteiger partial charge in [-0.15, -0.1) is 0 Å². The molecule has 136 valence electrons. The number of ether oxygens (including phenoxy) is 1. The van der Waals surface area contributed by atoms with Gasteiger partial charge in [0.15, 0.2) is 0 Å². The van der Waals surface area contributed by atoms with Crippen LogP contribution in [0.4, 0.5) is 4.79 Å². The highest BCUT2D eigenvalue weighted by Crippen LogP contribution is 2.16. The molecule has 0 radical (unpaired) electrons. The van der Waals surface area contributed by atoms with E-state index in [1.807, 2.05) is 51.1 Å². The third-order valence-electron chi connectivity index (χ3n) is 3.35. The van der Waals surface area contributed by atoms with Gasteiger partial charge in [-0.1, -0.05) is 30.3 Å². The van der Waals surface area contributed by atoms with E-state index < -0.39 is 11.7 Å². The number of amides is 1. The number of likely N-dealkylation sites (tertiary alicyclic amines) is 1. The smallest absolute Gasteiger partial charge is 0.410 e. The summed E-state index contributed by atoms with van der Waals surface area (Å²) in [6.07, 6.45) is -0.938. The van der Waals surface area contributed by atoms with Gasteiger partial charge in [-0.2, -0.15) is 0 Å². The number of rotatable bonds is 3. The number of hydrogen-bond donors (Lipinski definition) is 3. The third kappa shape index (κ3) is 7.29. The minimum atomic E-state index is -0.568. The Morgan fingerprint density at radius 1 is 1.29 bits per heavy atom. The van der Waals surface area contributed by atoms with Gasteiger partial charge >= 0.3 is 6.09 Å². The van der Waals surface area contributed by atoms with Crippen LogP contribution in [-0.4, -0.2) is 58.6 Å². The molecule has 0 saturated carbocycles. The maximum absolute atomic E-state index is 12.0. The summed E-state index contributed by atoms with van der Waals surface area (Å²) < 4.78 is 5.33. The molecule has 2 rings (SSSR count). The van der Waals surface area contributed by atoms with Gasteiger partial charge in [0, 0.05) is 19.7 Å². The molecule has 3 N–H and O–H groups in total. The lowest BCUT2D eigenvalue weighted by Gasteiger charge is -2.24. The standard InChI is InChI=1S/C16H24N2O3.C2H6O/c1-16(2,3)21-15(20)18-10-13(14(19)11-18)17-9-12-7-5-4-6-8-12;1-2-3/h4-8,13-14,17,19H,9-11H2,1-3H3;3H,2H2,1H3/t13-,14-;/m0./s1. The predicted molar refractivity (Wildman–Crippen MR) is 93.6 cm³/mol. The van der Waals surface area contributed by atoms with Crippen LogP contribution < -0.4 is 5.32 Å². The maximum Gasteiger partial charge on any atom is 0.410 e. The minimum Gasteiger partial charge on any atom is -0.444 e. The molecule has 2 atom stereocenters. The van der Waals surface area contributed by atoms with E-state index in [0.717, 1.165) is 5.56 Å². The summed E-state index contributed by atoms with van der Waals surface area (Å²) in [4.78, 5) is 13.5. The number of hydrogen-bond acceptors (Lipinski definition) is 5. The van der Waals surface area contributed by atoms with Crippen LogP contribution in [0.3, 0.4) is 0 Å². The molecule has 1 amide bonds. The van der Waals surface area contributed by atoms with Gasteiger partial charge in [0.1, 0.15) is 5.60 Å². The third-order valence-corrected chi connectivity index (χ3v) is 3.35. The Bertz CT molecular complexity index is 488. The predicted octanol–water partition coefficient (Wildman–Crippen LogP) is 1.75. The van der Waals surface area contributed by atoms with E-state index >= 15 is 0 Å².